The van der Waals surface area contributed by atoms with E-state index in [1.54, 1.807) is 13.4 Å². The molecule has 3 heterocycles. The van der Waals surface area contributed by atoms with Crippen molar-refractivity contribution >= 4 is 11.7 Å². The Hall–Kier alpha value is -3.42. The van der Waals surface area contributed by atoms with E-state index in [1.807, 2.05) is 48.9 Å². The fourth-order valence-corrected chi connectivity index (χ4v) is 4.10. The van der Waals surface area contributed by atoms with Crippen molar-refractivity contribution in [3.8, 4) is 11.6 Å². The first kappa shape index (κ1) is 21.8. The maximum Gasteiger partial charge on any atom is 0.220 e. The summed E-state index contributed by atoms with van der Waals surface area (Å²) >= 11 is 0. The number of hydrogen-bond donors (Lipinski definition) is 1. The number of nitrogens with one attached hydrogen (secondary N) is 1. The summed E-state index contributed by atoms with van der Waals surface area (Å²) in [6, 6.07) is 9.69. The molecule has 0 spiro atoms. The second-order valence-corrected chi connectivity index (χ2v) is 8.11. The summed E-state index contributed by atoms with van der Waals surface area (Å²) in [5, 5.41) is 7.69. The third-order valence-electron chi connectivity index (χ3n) is 5.98. The smallest absolute Gasteiger partial charge is 0.220 e. The number of anilines is 1. The zero-order chi connectivity index (χ0) is 22.5. The summed E-state index contributed by atoms with van der Waals surface area (Å²) in [7, 11) is 1.64. The normalized spacial score (nSPS) is 13.4. The average Bonchev–Trinajstić information content (AvgIpc) is 3.45. The maximum atomic E-state index is 12.4. The highest BCUT2D eigenvalue weighted by Gasteiger charge is 2.18. The lowest BCUT2D eigenvalue weighted by Crippen LogP contribution is -2.23. The van der Waals surface area contributed by atoms with Crippen molar-refractivity contribution in [3.63, 3.8) is 0 Å². The summed E-state index contributed by atoms with van der Waals surface area (Å²) in [4.78, 5) is 23.6. The van der Waals surface area contributed by atoms with Gasteiger partial charge in [0.05, 0.1) is 12.8 Å². The van der Waals surface area contributed by atoms with Crippen molar-refractivity contribution < 1.29 is 9.53 Å². The van der Waals surface area contributed by atoms with Gasteiger partial charge in [-0.25, -0.2) is 14.6 Å². The van der Waals surface area contributed by atoms with Gasteiger partial charge in [0, 0.05) is 37.8 Å². The molecule has 1 fully saturated rings. The quantitative estimate of drug-likeness (QED) is 0.586. The lowest BCUT2D eigenvalue weighted by molar-refractivity contribution is -0.121. The Bertz CT molecular complexity index is 1070. The number of benzene rings is 1. The number of hydrogen-bond acceptors (Lipinski definition) is 6. The van der Waals surface area contributed by atoms with E-state index in [0.29, 0.717) is 19.4 Å². The van der Waals surface area contributed by atoms with Crippen molar-refractivity contribution in [1.29, 1.82) is 0 Å². The molecular weight excluding hydrogens is 404 g/mol. The Balaban J connectivity index is 1.38. The fourth-order valence-electron chi connectivity index (χ4n) is 4.10. The Morgan fingerprint density at radius 1 is 1.09 bits per heavy atom. The molecule has 32 heavy (non-hydrogen) atoms. The van der Waals surface area contributed by atoms with Gasteiger partial charge in [0.2, 0.25) is 5.91 Å². The highest BCUT2D eigenvalue weighted by atomic mass is 16.5. The first-order valence-corrected chi connectivity index (χ1v) is 11.1. The molecule has 168 valence electrons. The molecule has 1 aromatic carbocycles. The molecule has 3 aromatic rings. The van der Waals surface area contributed by atoms with Gasteiger partial charge in [0.15, 0.2) is 5.82 Å². The van der Waals surface area contributed by atoms with Crippen molar-refractivity contribution in [3.05, 3.63) is 59.2 Å². The van der Waals surface area contributed by atoms with E-state index >= 15 is 0 Å². The third kappa shape index (κ3) is 4.90. The summed E-state index contributed by atoms with van der Waals surface area (Å²) in [5.41, 5.74) is 4.06. The number of aromatic nitrogens is 4. The number of ether oxygens (including phenoxy) is 1. The van der Waals surface area contributed by atoms with Crippen LogP contribution in [0.15, 0.2) is 36.7 Å². The third-order valence-corrected chi connectivity index (χ3v) is 5.98. The topological polar surface area (TPSA) is 85.2 Å². The van der Waals surface area contributed by atoms with Crippen LogP contribution in [0.25, 0.3) is 5.82 Å². The largest absolute Gasteiger partial charge is 0.497 e. The van der Waals surface area contributed by atoms with Crippen LogP contribution in [0, 0.1) is 13.8 Å². The van der Waals surface area contributed by atoms with E-state index in [0.717, 1.165) is 53.0 Å². The van der Waals surface area contributed by atoms with Crippen molar-refractivity contribution in [2.75, 3.05) is 25.1 Å². The highest BCUT2D eigenvalue weighted by molar-refractivity contribution is 5.76. The van der Waals surface area contributed by atoms with Crippen molar-refractivity contribution in [1.82, 2.24) is 25.1 Å². The van der Waals surface area contributed by atoms with Crippen LogP contribution >= 0.6 is 0 Å². The molecule has 1 aliphatic heterocycles. The number of aryl methyl sites for hydroxylation is 1. The average molecular weight is 435 g/mol. The molecule has 0 atom stereocenters. The Morgan fingerprint density at radius 3 is 2.53 bits per heavy atom. The number of rotatable bonds is 8. The molecular formula is C24H30N6O2. The lowest BCUT2D eigenvalue weighted by atomic mass is 10.1. The zero-order valence-electron chi connectivity index (χ0n) is 19.0. The molecule has 0 unspecified atom stereocenters. The predicted molar refractivity (Wildman–Crippen MR) is 123 cm³/mol. The van der Waals surface area contributed by atoms with Crippen LogP contribution < -0.4 is 15.0 Å². The van der Waals surface area contributed by atoms with Crippen LogP contribution in [0.1, 0.15) is 41.8 Å². The van der Waals surface area contributed by atoms with E-state index in [-0.39, 0.29) is 5.91 Å². The zero-order valence-corrected chi connectivity index (χ0v) is 19.0. The monoisotopic (exact) mass is 434 g/mol. The Labute approximate surface area is 188 Å². The minimum absolute atomic E-state index is 0.0192. The SMILES string of the molecule is COc1ccc(CNC(=O)CCc2c(C)nn(-c3cc(N4CCCC4)ncn3)c2C)cc1. The van der Waals surface area contributed by atoms with E-state index in [9.17, 15) is 4.79 Å². The van der Waals surface area contributed by atoms with E-state index in [4.69, 9.17) is 9.84 Å². The number of methoxy groups -OCH3 is 1. The summed E-state index contributed by atoms with van der Waals surface area (Å²) in [6.07, 6.45) is 5.04. The molecule has 8 heteroatoms. The molecule has 0 aliphatic carbocycles. The van der Waals surface area contributed by atoms with E-state index in [2.05, 4.69) is 20.2 Å². The fraction of sp³-hybridized carbons (Fsp3) is 0.417. The molecule has 1 saturated heterocycles. The van der Waals surface area contributed by atoms with Crippen LogP contribution in [0.5, 0.6) is 5.75 Å². The van der Waals surface area contributed by atoms with Gasteiger partial charge in [-0.3, -0.25) is 4.79 Å². The molecule has 2 aromatic heterocycles. The van der Waals surface area contributed by atoms with Crippen molar-refractivity contribution in [2.45, 2.75) is 46.1 Å². The number of carbonyl (C=O) groups excluding carboxylic acids is 1. The van der Waals surface area contributed by atoms with Crippen LogP contribution in [-0.2, 0) is 17.8 Å². The maximum absolute atomic E-state index is 12.4. The molecule has 8 nitrogen and oxygen atoms in total. The van der Waals surface area contributed by atoms with Gasteiger partial charge in [-0.15, -0.1) is 0 Å². The van der Waals surface area contributed by atoms with Gasteiger partial charge >= 0.3 is 0 Å². The first-order chi connectivity index (χ1) is 15.5. The van der Waals surface area contributed by atoms with Crippen LogP contribution in [0.2, 0.25) is 0 Å². The molecule has 1 amide bonds. The second kappa shape index (κ2) is 9.80. The Morgan fingerprint density at radius 2 is 1.81 bits per heavy atom. The van der Waals surface area contributed by atoms with E-state index in [1.165, 1.54) is 12.8 Å². The van der Waals surface area contributed by atoms with Gasteiger partial charge in [0.1, 0.15) is 17.9 Å². The summed E-state index contributed by atoms with van der Waals surface area (Å²) in [5.74, 6) is 2.53. The minimum Gasteiger partial charge on any atom is -0.497 e. The number of nitrogens with zero attached hydrogens (tertiary/aromatic N) is 5. The second-order valence-electron chi connectivity index (χ2n) is 8.11. The van der Waals surface area contributed by atoms with E-state index < -0.39 is 0 Å². The molecule has 0 saturated carbocycles. The molecule has 1 aliphatic rings. The summed E-state index contributed by atoms with van der Waals surface area (Å²) < 4.78 is 7.03. The van der Waals surface area contributed by atoms with Crippen LogP contribution in [0.3, 0.4) is 0 Å². The summed E-state index contributed by atoms with van der Waals surface area (Å²) in [6.45, 7) is 6.58. The first-order valence-electron chi connectivity index (χ1n) is 11.1. The highest BCUT2D eigenvalue weighted by Crippen LogP contribution is 2.22. The van der Waals surface area contributed by atoms with Crippen molar-refractivity contribution in [2.24, 2.45) is 0 Å². The Kier molecular flexibility index (Phi) is 6.68. The molecule has 0 bridgehead atoms. The minimum atomic E-state index is 0.0192. The van der Waals surface area contributed by atoms with Gasteiger partial charge < -0.3 is 15.0 Å². The predicted octanol–water partition coefficient (Wildman–Crippen LogP) is 3.14. The van der Waals surface area contributed by atoms with Crippen LogP contribution in [0.4, 0.5) is 5.82 Å². The van der Waals surface area contributed by atoms with Gasteiger partial charge in [0.25, 0.3) is 0 Å². The number of amides is 1. The van der Waals surface area contributed by atoms with Gasteiger partial charge in [-0.05, 0) is 56.4 Å². The van der Waals surface area contributed by atoms with Gasteiger partial charge in [-0.1, -0.05) is 12.1 Å². The lowest BCUT2D eigenvalue weighted by Gasteiger charge is -2.16. The van der Waals surface area contributed by atoms with Gasteiger partial charge in [-0.2, -0.15) is 5.10 Å². The standard InChI is InChI=1S/C24H30N6O2/c1-17-21(10-11-24(31)25-15-19-6-8-20(32-3)9-7-19)18(2)30(28-17)23-14-22(26-16-27-23)29-12-4-5-13-29/h6-9,14,16H,4-5,10-13,15H2,1-3H3,(H,25,31). The molecule has 0 radical (unpaired) electrons. The van der Waals surface area contributed by atoms with Crippen LogP contribution in [-0.4, -0.2) is 45.9 Å². The molecule has 1 N–H and O–H groups in total. The molecule has 4 rings (SSSR count). The number of carbonyl (C=O) groups is 1.